The molecule has 8 heteroatoms. The Morgan fingerprint density at radius 3 is 2.53 bits per heavy atom. The van der Waals surface area contributed by atoms with E-state index in [1.54, 1.807) is 18.1 Å². The molecule has 0 amide bonds. The van der Waals surface area contributed by atoms with Crippen LogP contribution in [0.2, 0.25) is 0 Å². The van der Waals surface area contributed by atoms with E-state index in [4.69, 9.17) is 14.7 Å². The molecular weight excluding hydrogens is 428 g/mol. The van der Waals surface area contributed by atoms with Gasteiger partial charge in [0.05, 0.1) is 32.7 Å². The summed E-state index contributed by atoms with van der Waals surface area (Å²) in [5, 5.41) is 22.3. The largest absolute Gasteiger partial charge is 0.497 e. The molecule has 0 spiro atoms. The van der Waals surface area contributed by atoms with E-state index in [1.165, 1.54) is 0 Å². The van der Waals surface area contributed by atoms with Crippen LogP contribution in [0.3, 0.4) is 0 Å². The maximum Gasteiger partial charge on any atom is 0.186 e. The smallest absolute Gasteiger partial charge is 0.186 e. The van der Waals surface area contributed by atoms with Gasteiger partial charge in [-0.1, -0.05) is 44.2 Å². The second kappa shape index (κ2) is 13.6. The molecule has 0 fully saturated rings. The summed E-state index contributed by atoms with van der Waals surface area (Å²) >= 11 is 0. The number of aromatic nitrogens is 5. The van der Waals surface area contributed by atoms with Crippen LogP contribution < -0.4 is 9.47 Å². The maximum absolute atomic E-state index is 9.10. The standard InChI is InChI=1S/C24H28N6O2.C2H6/c1-5-8-19(6-2)16-32-23-18(3)28-30(14-7-13-25)22(23)24-27-26-17-29(24)15-20-9-11-21(31-4)12-10-20;1-2/h5-6,8-12,17H,7,14-16H2,1-4H3;1-2H3/b8-5-,19-6+;. The molecule has 0 aliphatic rings. The van der Waals surface area contributed by atoms with Gasteiger partial charge in [0.25, 0.3) is 0 Å². The minimum Gasteiger partial charge on any atom is -0.497 e. The minimum atomic E-state index is 0.332. The lowest BCUT2D eigenvalue weighted by Crippen LogP contribution is -2.09. The topological polar surface area (TPSA) is 90.8 Å². The SMILES string of the molecule is C/C=C\C(=C/C)COc1c(C)nn(CCC#N)c1-c1nncn1Cc1ccc(OC)cc1.CC. The molecule has 0 unspecified atom stereocenters. The van der Waals surface area contributed by atoms with Gasteiger partial charge in [-0.2, -0.15) is 10.4 Å². The van der Waals surface area contributed by atoms with Crippen LogP contribution in [0.25, 0.3) is 11.5 Å². The van der Waals surface area contributed by atoms with Crippen LogP contribution in [0.15, 0.2) is 54.4 Å². The molecule has 0 aliphatic carbocycles. The van der Waals surface area contributed by atoms with E-state index in [0.717, 1.165) is 28.3 Å². The monoisotopic (exact) mass is 462 g/mol. The lowest BCUT2D eigenvalue weighted by Gasteiger charge is -2.12. The first-order valence-electron chi connectivity index (χ1n) is 11.5. The third-order valence-corrected chi connectivity index (χ3v) is 4.98. The highest BCUT2D eigenvalue weighted by atomic mass is 16.5. The fraction of sp³-hybridized carbons (Fsp3) is 0.385. The average Bonchev–Trinajstić information content (AvgIpc) is 3.45. The van der Waals surface area contributed by atoms with Gasteiger partial charge in [-0.05, 0) is 44.0 Å². The fourth-order valence-electron chi connectivity index (χ4n) is 3.35. The van der Waals surface area contributed by atoms with Crippen molar-refractivity contribution in [3.05, 3.63) is 65.7 Å². The van der Waals surface area contributed by atoms with Crippen molar-refractivity contribution in [2.75, 3.05) is 13.7 Å². The Balaban J connectivity index is 0.00000199. The van der Waals surface area contributed by atoms with E-state index in [-0.39, 0.29) is 0 Å². The van der Waals surface area contributed by atoms with Crippen LogP contribution in [-0.2, 0) is 13.1 Å². The molecule has 0 N–H and O–H groups in total. The second-order valence-corrected chi connectivity index (χ2v) is 7.18. The molecule has 0 aliphatic heterocycles. The third-order valence-electron chi connectivity index (χ3n) is 4.98. The van der Waals surface area contributed by atoms with E-state index in [0.29, 0.717) is 37.7 Å². The summed E-state index contributed by atoms with van der Waals surface area (Å²) in [6, 6.07) is 10.1. The Bertz CT molecular complexity index is 1130. The van der Waals surface area contributed by atoms with Crippen molar-refractivity contribution in [1.29, 1.82) is 5.26 Å². The Morgan fingerprint density at radius 1 is 1.18 bits per heavy atom. The molecule has 0 saturated heterocycles. The molecule has 0 bridgehead atoms. The number of allylic oxidation sites excluding steroid dienone is 2. The molecule has 2 heterocycles. The number of benzene rings is 1. The van der Waals surface area contributed by atoms with Crippen molar-refractivity contribution in [2.24, 2.45) is 0 Å². The second-order valence-electron chi connectivity index (χ2n) is 7.18. The van der Waals surface area contributed by atoms with Crippen molar-refractivity contribution in [1.82, 2.24) is 24.5 Å². The third kappa shape index (κ3) is 6.58. The molecule has 0 atom stereocenters. The quantitative estimate of drug-likeness (QED) is 0.377. The van der Waals surface area contributed by atoms with Crippen molar-refractivity contribution in [3.8, 4) is 29.1 Å². The van der Waals surface area contributed by atoms with Crippen LogP contribution in [0, 0.1) is 18.3 Å². The van der Waals surface area contributed by atoms with Gasteiger partial charge in [-0.25, -0.2) is 0 Å². The number of hydrogen-bond donors (Lipinski definition) is 0. The molecule has 2 aromatic heterocycles. The molecule has 8 nitrogen and oxygen atoms in total. The number of nitrogens with zero attached hydrogens (tertiary/aromatic N) is 6. The van der Waals surface area contributed by atoms with E-state index >= 15 is 0 Å². The van der Waals surface area contributed by atoms with Crippen LogP contribution >= 0.6 is 0 Å². The highest BCUT2D eigenvalue weighted by Crippen LogP contribution is 2.33. The molecule has 0 saturated carbocycles. The van der Waals surface area contributed by atoms with E-state index in [2.05, 4.69) is 21.4 Å². The Morgan fingerprint density at radius 2 is 1.91 bits per heavy atom. The van der Waals surface area contributed by atoms with Crippen molar-refractivity contribution < 1.29 is 9.47 Å². The first kappa shape index (κ1) is 26.4. The highest BCUT2D eigenvalue weighted by molar-refractivity contribution is 5.62. The number of methoxy groups -OCH3 is 1. The molecule has 180 valence electrons. The van der Waals surface area contributed by atoms with Crippen molar-refractivity contribution in [2.45, 2.75) is 54.1 Å². The van der Waals surface area contributed by atoms with Gasteiger partial charge in [-0.15, -0.1) is 10.2 Å². The first-order valence-corrected chi connectivity index (χ1v) is 11.5. The minimum absolute atomic E-state index is 0.332. The average molecular weight is 463 g/mol. The zero-order valence-corrected chi connectivity index (χ0v) is 20.9. The summed E-state index contributed by atoms with van der Waals surface area (Å²) in [5.41, 5.74) is 3.60. The molecule has 0 radical (unpaired) electrons. The van der Waals surface area contributed by atoms with Gasteiger partial charge in [0.15, 0.2) is 11.6 Å². The Labute approximate surface area is 202 Å². The summed E-state index contributed by atoms with van der Waals surface area (Å²) in [6.45, 7) is 11.3. The van der Waals surface area contributed by atoms with Gasteiger partial charge >= 0.3 is 0 Å². The van der Waals surface area contributed by atoms with Crippen LogP contribution in [0.4, 0.5) is 0 Å². The number of hydrogen-bond acceptors (Lipinski definition) is 6. The van der Waals surface area contributed by atoms with Crippen LogP contribution in [-0.4, -0.2) is 38.3 Å². The zero-order chi connectivity index (χ0) is 24.9. The number of rotatable bonds is 10. The normalized spacial score (nSPS) is 11.1. The van der Waals surface area contributed by atoms with Gasteiger partial charge in [0.2, 0.25) is 0 Å². The zero-order valence-electron chi connectivity index (χ0n) is 20.9. The molecule has 34 heavy (non-hydrogen) atoms. The van der Waals surface area contributed by atoms with Gasteiger partial charge in [0, 0.05) is 0 Å². The number of nitriles is 1. The van der Waals surface area contributed by atoms with E-state index in [1.807, 2.05) is 81.7 Å². The predicted octanol–water partition coefficient (Wildman–Crippen LogP) is 5.35. The summed E-state index contributed by atoms with van der Waals surface area (Å²) in [5.74, 6) is 2.10. The van der Waals surface area contributed by atoms with Crippen LogP contribution in [0.1, 0.15) is 45.4 Å². The maximum atomic E-state index is 9.10. The summed E-state index contributed by atoms with van der Waals surface area (Å²) in [7, 11) is 1.65. The van der Waals surface area contributed by atoms with E-state index in [9.17, 15) is 0 Å². The summed E-state index contributed by atoms with van der Waals surface area (Å²) < 4.78 is 15.2. The molecule has 1 aromatic carbocycles. The fourth-order valence-corrected chi connectivity index (χ4v) is 3.35. The van der Waals surface area contributed by atoms with E-state index < -0.39 is 0 Å². The summed E-state index contributed by atoms with van der Waals surface area (Å²) in [4.78, 5) is 0. The number of aryl methyl sites for hydroxylation is 2. The Hall–Kier alpha value is -3.86. The van der Waals surface area contributed by atoms with Crippen molar-refractivity contribution in [3.63, 3.8) is 0 Å². The molecule has 3 rings (SSSR count). The van der Waals surface area contributed by atoms with Gasteiger partial charge in [0.1, 0.15) is 30.1 Å². The highest BCUT2D eigenvalue weighted by Gasteiger charge is 2.23. The lowest BCUT2D eigenvalue weighted by molar-refractivity contribution is 0.353. The first-order chi connectivity index (χ1) is 16.6. The van der Waals surface area contributed by atoms with Gasteiger partial charge in [-0.3, -0.25) is 4.68 Å². The lowest BCUT2D eigenvalue weighted by atomic mass is 10.2. The van der Waals surface area contributed by atoms with Crippen LogP contribution in [0.5, 0.6) is 11.5 Å². The Kier molecular flexibility index (Phi) is 10.6. The van der Waals surface area contributed by atoms with Crippen molar-refractivity contribution >= 4 is 0 Å². The molecular formula is C26H34N6O2. The summed E-state index contributed by atoms with van der Waals surface area (Å²) in [6.07, 6.45) is 8.03. The van der Waals surface area contributed by atoms with Gasteiger partial charge < -0.3 is 14.0 Å². The predicted molar refractivity (Wildman–Crippen MR) is 134 cm³/mol. The molecule has 3 aromatic rings. The number of ether oxygens (including phenoxy) is 2.